The van der Waals surface area contributed by atoms with E-state index >= 15 is 0 Å². The van der Waals surface area contributed by atoms with Gasteiger partial charge in [0.1, 0.15) is 0 Å². The molecule has 268 valence electrons. The van der Waals surface area contributed by atoms with E-state index in [1.165, 1.54) is 31.0 Å². The molecule has 0 aromatic heterocycles. The second-order valence-electron chi connectivity index (χ2n) is 13.1. The summed E-state index contributed by atoms with van der Waals surface area (Å²) in [5.74, 6) is 6.50. The van der Waals surface area contributed by atoms with Gasteiger partial charge in [-0.3, -0.25) is 5.01 Å². The molecule has 0 radical (unpaired) electrons. The van der Waals surface area contributed by atoms with Crippen molar-refractivity contribution in [2.75, 3.05) is 20.1 Å². The summed E-state index contributed by atoms with van der Waals surface area (Å²) < 4.78 is 0. The largest absolute Gasteiger partial charge is 0.397 e. The molecule has 7 aromatic carbocycles. The van der Waals surface area contributed by atoms with Crippen LogP contribution in [0.4, 0.5) is 45.5 Å². The molecule has 0 saturated carbocycles. The third kappa shape index (κ3) is 6.77. The predicted molar refractivity (Wildman–Crippen MR) is 232 cm³/mol. The lowest BCUT2D eigenvalue weighted by molar-refractivity contribution is 1.07. The summed E-state index contributed by atoms with van der Waals surface area (Å²) in [5.41, 5.74) is 24.4. The smallest absolute Gasteiger partial charge is 0.0601 e. The molecule has 7 aromatic rings. The first kappa shape index (κ1) is 34.3. The topological polar surface area (TPSA) is 99.8 Å². The van der Waals surface area contributed by atoms with Gasteiger partial charge in [-0.15, -0.1) is 0 Å². The van der Waals surface area contributed by atoms with Gasteiger partial charge in [0.15, 0.2) is 0 Å². The van der Waals surface area contributed by atoms with Gasteiger partial charge in [-0.25, -0.2) is 5.84 Å². The average molecular weight is 752 g/mol. The van der Waals surface area contributed by atoms with E-state index in [0.29, 0.717) is 11.4 Å². The van der Waals surface area contributed by atoms with E-state index in [2.05, 4.69) is 149 Å². The van der Waals surface area contributed by atoms with Crippen LogP contribution in [0.1, 0.15) is 11.1 Å². The van der Waals surface area contributed by atoms with Crippen molar-refractivity contribution in [3.8, 4) is 0 Å². The summed E-state index contributed by atoms with van der Waals surface area (Å²) in [6.45, 7) is 0. The quantitative estimate of drug-likeness (QED) is 0.0893. The van der Waals surface area contributed by atoms with Crippen molar-refractivity contribution in [2.24, 2.45) is 17.3 Å². The van der Waals surface area contributed by atoms with E-state index in [1.54, 1.807) is 34.7 Å². The number of nitrogens with one attached hydrogen (secondary N) is 1. The molecule has 2 heterocycles. The molecule has 0 amide bonds. The molecule has 0 atom stereocenters. The summed E-state index contributed by atoms with van der Waals surface area (Å²) in [6, 6.07) is 58.3. The summed E-state index contributed by atoms with van der Waals surface area (Å²) in [5, 5.41) is 4.90. The SMILES string of the molecule is N/C(=C\Nc1ccc(N2c3ccccc3Sc3ccccc32)cc1)c1ccc(/C(N)=C/N(N)c2ccc(N3c4ccccc4Sc4ccccc43)cc2)cc1. The van der Waals surface area contributed by atoms with Crippen molar-refractivity contribution in [2.45, 2.75) is 19.6 Å². The fraction of sp³-hybridized carbons (Fsp3) is 0. The number of fused-ring (bicyclic) bond motifs is 4. The van der Waals surface area contributed by atoms with Gasteiger partial charge in [-0.05, 0) is 108 Å². The first-order chi connectivity index (χ1) is 27.0. The second-order valence-corrected chi connectivity index (χ2v) is 15.3. The zero-order chi connectivity index (χ0) is 37.3. The minimum Gasteiger partial charge on any atom is -0.397 e. The maximum absolute atomic E-state index is 6.53. The van der Waals surface area contributed by atoms with Crippen LogP contribution in [0.5, 0.6) is 0 Å². The van der Waals surface area contributed by atoms with Crippen LogP contribution < -0.4 is 37.4 Å². The number of nitrogens with two attached hydrogens (primary N) is 3. The summed E-state index contributed by atoms with van der Waals surface area (Å²) in [7, 11) is 0. The van der Waals surface area contributed by atoms with Crippen LogP contribution in [0.25, 0.3) is 11.4 Å². The first-order valence-corrected chi connectivity index (χ1v) is 19.5. The van der Waals surface area contributed by atoms with Crippen molar-refractivity contribution in [1.82, 2.24) is 0 Å². The molecule has 2 aliphatic rings. The zero-order valence-electron chi connectivity index (χ0n) is 29.7. The summed E-state index contributed by atoms with van der Waals surface area (Å²) >= 11 is 3.60. The molecule has 55 heavy (non-hydrogen) atoms. The highest BCUT2D eigenvalue weighted by Gasteiger charge is 2.25. The fourth-order valence-electron chi connectivity index (χ4n) is 6.84. The van der Waals surface area contributed by atoms with E-state index in [0.717, 1.165) is 45.3 Å². The Labute approximate surface area is 329 Å². The molecule has 0 aliphatic carbocycles. The number of anilines is 8. The fourth-order valence-corrected chi connectivity index (χ4v) is 8.96. The Balaban J connectivity index is 0.863. The number of nitrogens with zero attached hydrogens (tertiary/aromatic N) is 3. The summed E-state index contributed by atoms with van der Waals surface area (Å²) in [4.78, 5) is 9.51. The second kappa shape index (κ2) is 14.7. The average Bonchev–Trinajstić information content (AvgIpc) is 3.24. The first-order valence-electron chi connectivity index (χ1n) is 17.9. The van der Waals surface area contributed by atoms with Crippen LogP contribution in [0.15, 0.2) is 202 Å². The highest BCUT2D eigenvalue weighted by Crippen LogP contribution is 2.52. The Morgan fingerprint density at radius 2 is 0.855 bits per heavy atom. The number of benzene rings is 7. The van der Waals surface area contributed by atoms with Crippen LogP contribution in [-0.4, -0.2) is 0 Å². The Kier molecular flexibility index (Phi) is 9.17. The Morgan fingerprint density at radius 3 is 1.29 bits per heavy atom. The Bertz CT molecular complexity index is 2480. The number of hydrogen-bond acceptors (Lipinski definition) is 9. The van der Waals surface area contributed by atoms with E-state index in [1.807, 2.05) is 42.6 Å². The van der Waals surface area contributed by atoms with Gasteiger partial charge in [-0.2, -0.15) is 0 Å². The van der Waals surface area contributed by atoms with Crippen molar-refractivity contribution < 1.29 is 0 Å². The molecule has 0 fully saturated rings. The molecular formula is C46H37N7S2. The van der Waals surface area contributed by atoms with Crippen molar-refractivity contribution >= 4 is 80.4 Å². The van der Waals surface area contributed by atoms with E-state index in [9.17, 15) is 0 Å². The number of para-hydroxylation sites is 4. The maximum atomic E-state index is 6.53. The molecule has 0 unspecified atom stereocenters. The van der Waals surface area contributed by atoms with Crippen LogP contribution >= 0.6 is 23.5 Å². The third-order valence-electron chi connectivity index (χ3n) is 9.62. The van der Waals surface area contributed by atoms with Gasteiger partial charge in [0.25, 0.3) is 0 Å². The van der Waals surface area contributed by atoms with Gasteiger partial charge < -0.3 is 26.6 Å². The number of hydrogen-bond donors (Lipinski definition) is 4. The molecular weight excluding hydrogens is 715 g/mol. The lowest BCUT2D eigenvalue weighted by Crippen LogP contribution is -2.25. The lowest BCUT2D eigenvalue weighted by Gasteiger charge is -2.33. The van der Waals surface area contributed by atoms with Gasteiger partial charge in [0, 0.05) is 49.0 Å². The Hall–Kier alpha value is -6.52. The minimum atomic E-state index is 0.535. The number of rotatable bonds is 8. The van der Waals surface area contributed by atoms with Gasteiger partial charge >= 0.3 is 0 Å². The predicted octanol–water partition coefficient (Wildman–Crippen LogP) is 11.6. The van der Waals surface area contributed by atoms with Crippen molar-refractivity contribution in [3.05, 3.63) is 193 Å². The van der Waals surface area contributed by atoms with Crippen molar-refractivity contribution in [3.63, 3.8) is 0 Å². The number of hydrazine groups is 1. The van der Waals surface area contributed by atoms with E-state index in [-0.39, 0.29) is 0 Å². The standard InChI is InChI=1S/C46H37N7S2/c47-37(29-50-33-21-23-35(24-22-33)52-39-9-1-5-13-43(39)54-44-14-6-2-10-40(44)52)31-17-19-32(20-18-31)38(48)30-51(49)34-25-27-36(28-26-34)53-41-11-3-7-15-45(41)55-46-16-8-4-12-42(46)53/h1-30,50H,47-49H2/b37-29-,38-30-. The maximum Gasteiger partial charge on any atom is 0.0601 e. The van der Waals surface area contributed by atoms with Crippen LogP contribution in [0.2, 0.25) is 0 Å². The summed E-state index contributed by atoms with van der Waals surface area (Å²) in [6.07, 6.45) is 3.55. The van der Waals surface area contributed by atoms with Crippen molar-refractivity contribution in [1.29, 1.82) is 0 Å². The molecule has 7 N–H and O–H groups in total. The monoisotopic (exact) mass is 751 g/mol. The van der Waals surface area contributed by atoms with Gasteiger partial charge in [0.2, 0.25) is 0 Å². The Morgan fingerprint density at radius 1 is 0.473 bits per heavy atom. The molecule has 2 aliphatic heterocycles. The molecule has 0 saturated heterocycles. The zero-order valence-corrected chi connectivity index (χ0v) is 31.3. The normalized spacial score (nSPS) is 13.3. The van der Waals surface area contributed by atoms with E-state index in [4.69, 9.17) is 17.3 Å². The van der Waals surface area contributed by atoms with Gasteiger partial charge in [0.05, 0.1) is 39.8 Å². The van der Waals surface area contributed by atoms with E-state index < -0.39 is 0 Å². The van der Waals surface area contributed by atoms with Crippen LogP contribution in [0, 0.1) is 0 Å². The van der Waals surface area contributed by atoms with Gasteiger partial charge in [-0.1, -0.05) is 96.3 Å². The lowest BCUT2D eigenvalue weighted by atomic mass is 10.1. The molecule has 7 nitrogen and oxygen atoms in total. The highest BCUT2D eigenvalue weighted by molar-refractivity contribution is 8.00. The third-order valence-corrected chi connectivity index (χ3v) is 11.9. The molecule has 0 spiro atoms. The van der Waals surface area contributed by atoms with Crippen LogP contribution in [-0.2, 0) is 0 Å². The molecule has 9 rings (SSSR count). The molecule has 0 bridgehead atoms. The molecule has 9 heteroatoms. The highest BCUT2D eigenvalue weighted by atomic mass is 32.2. The minimum absolute atomic E-state index is 0.535. The van der Waals surface area contributed by atoms with Crippen LogP contribution in [0.3, 0.4) is 0 Å².